The van der Waals surface area contributed by atoms with Crippen LogP contribution < -0.4 is 10.6 Å². The molecule has 3 rings (SSSR count). The van der Waals surface area contributed by atoms with E-state index in [1.165, 1.54) is 6.26 Å². The fraction of sp³-hybridized carbons (Fsp3) is 0.659. The van der Waals surface area contributed by atoms with E-state index in [2.05, 4.69) is 24.5 Å². The molecule has 54 heavy (non-hydrogen) atoms. The van der Waals surface area contributed by atoms with Crippen LogP contribution in [0.3, 0.4) is 0 Å². The molecule has 2 aliphatic rings. The molecule has 4 unspecified atom stereocenters. The zero-order valence-electron chi connectivity index (χ0n) is 32.7. The van der Waals surface area contributed by atoms with E-state index in [1.54, 1.807) is 57.2 Å². The fourth-order valence-corrected chi connectivity index (χ4v) is 6.47. The summed E-state index contributed by atoms with van der Waals surface area (Å²) in [6, 6.07) is 6.27. The molecule has 1 aliphatic heterocycles. The topological polar surface area (TPSA) is 179 Å². The van der Waals surface area contributed by atoms with Crippen LogP contribution >= 0.6 is 0 Å². The largest absolute Gasteiger partial charge is 0.499 e. The molecule has 13 heteroatoms. The molecule has 302 valence electrons. The molecule has 0 aromatic heterocycles. The van der Waals surface area contributed by atoms with Crippen molar-refractivity contribution in [2.45, 2.75) is 147 Å². The highest BCUT2D eigenvalue weighted by Gasteiger charge is 2.52. The summed E-state index contributed by atoms with van der Waals surface area (Å²) in [6.45, 7) is 9.20. The van der Waals surface area contributed by atoms with E-state index >= 15 is 0 Å². The summed E-state index contributed by atoms with van der Waals surface area (Å²) >= 11 is 0. The van der Waals surface area contributed by atoms with E-state index in [9.17, 15) is 24.3 Å². The van der Waals surface area contributed by atoms with Crippen LogP contribution in [-0.4, -0.2) is 96.1 Å². The van der Waals surface area contributed by atoms with Gasteiger partial charge in [0.2, 0.25) is 11.8 Å². The Kier molecular flexibility index (Phi) is 18.6. The quantitative estimate of drug-likeness (QED) is 0.0650. The number of hydrogen-bond acceptors (Lipinski definition) is 11. The first-order chi connectivity index (χ1) is 25.8. The second kappa shape index (κ2) is 22.6. The van der Waals surface area contributed by atoms with Crippen LogP contribution in [-0.2, 0) is 38.1 Å². The summed E-state index contributed by atoms with van der Waals surface area (Å²) in [4.78, 5) is 52.1. The lowest BCUT2D eigenvalue weighted by Crippen LogP contribution is -2.44. The van der Waals surface area contributed by atoms with E-state index in [0.29, 0.717) is 29.5 Å². The van der Waals surface area contributed by atoms with Crippen LogP contribution in [0.1, 0.15) is 128 Å². The van der Waals surface area contributed by atoms with Gasteiger partial charge in [0.25, 0.3) is 0 Å². The molecule has 1 aliphatic carbocycles. The first kappa shape index (κ1) is 44.6. The summed E-state index contributed by atoms with van der Waals surface area (Å²) in [5, 5.41) is 24.3. The molecule has 0 bridgehead atoms. The summed E-state index contributed by atoms with van der Waals surface area (Å²) in [6.07, 6.45) is 10.2. The van der Waals surface area contributed by atoms with Crippen molar-refractivity contribution in [1.29, 1.82) is 0 Å². The number of ether oxygens (including phenoxy) is 5. The molecule has 1 fully saturated rings. The van der Waals surface area contributed by atoms with Crippen LogP contribution in [0.5, 0.6) is 0 Å². The van der Waals surface area contributed by atoms with Gasteiger partial charge in [-0.05, 0) is 63.8 Å². The van der Waals surface area contributed by atoms with Crippen LogP contribution in [0.25, 0.3) is 6.08 Å². The molecule has 1 aromatic carbocycles. The van der Waals surface area contributed by atoms with Gasteiger partial charge >= 0.3 is 11.9 Å². The predicted molar refractivity (Wildman–Crippen MR) is 203 cm³/mol. The molecular formula is C41H62N2O11. The Morgan fingerprint density at radius 1 is 1.00 bits per heavy atom. The minimum absolute atomic E-state index is 0.0121. The molecule has 0 radical (unpaired) electrons. The van der Waals surface area contributed by atoms with Crippen molar-refractivity contribution in [2.24, 2.45) is 0 Å². The number of aliphatic hydroxyl groups is 2. The molecule has 0 spiro atoms. The number of esters is 2. The summed E-state index contributed by atoms with van der Waals surface area (Å²) in [7, 11) is 0. The number of nitrogens with one attached hydrogen (secondary N) is 2. The fourth-order valence-electron chi connectivity index (χ4n) is 6.47. The molecule has 1 saturated heterocycles. The summed E-state index contributed by atoms with van der Waals surface area (Å²) < 4.78 is 30.1. The lowest BCUT2D eigenvalue weighted by molar-refractivity contribution is -0.190. The molecule has 1 heterocycles. The Hall–Kier alpha value is -3.78. The first-order valence-corrected chi connectivity index (χ1v) is 19.5. The maximum Gasteiger partial charge on any atom is 0.339 e. The first-order valence-electron chi connectivity index (χ1n) is 19.5. The Labute approximate surface area is 320 Å². The average Bonchev–Trinajstić information content (AvgIpc) is 3.50. The minimum atomic E-state index is -0.873. The number of benzene rings is 1. The van der Waals surface area contributed by atoms with Crippen molar-refractivity contribution in [3.8, 4) is 0 Å². The molecule has 2 amide bonds. The Balaban J connectivity index is 1.73. The van der Waals surface area contributed by atoms with Crippen molar-refractivity contribution >= 4 is 29.8 Å². The van der Waals surface area contributed by atoms with Crippen molar-refractivity contribution in [3.05, 3.63) is 53.3 Å². The number of rotatable bonds is 23. The third-order valence-corrected chi connectivity index (χ3v) is 9.12. The maximum atomic E-state index is 13.7. The van der Waals surface area contributed by atoms with Gasteiger partial charge in [-0.3, -0.25) is 14.4 Å². The standard InChI is InChI=1S/C41H62N2O11/c1-6-8-12-20-41(21-13-9-7-2)52-34-27-30(38(48)42-22-18-35(46)43-31(28-45)16-17-36(47)53-40(3,4)5)26-33(37(34)54-41)51-39(49)32-15-11-10-14-29(32)19-24-50-25-23-44/h10-11,14-15,19,24,27,31,33-34,37,44-45H,6-9,12-13,16-18,20-23,25-26,28H2,1-5H3,(H,42,48)(H,43,46). The number of fused-ring (bicyclic) bond motifs is 1. The van der Waals surface area contributed by atoms with Crippen LogP contribution in [0.15, 0.2) is 42.2 Å². The zero-order valence-corrected chi connectivity index (χ0v) is 32.7. The monoisotopic (exact) mass is 758 g/mol. The summed E-state index contributed by atoms with van der Waals surface area (Å²) in [5.41, 5.74) is 0.581. The molecule has 1 aromatic rings. The summed E-state index contributed by atoms with van der Waals surface area (Å²) in [5.74, 6) is -2.71. The van der Waals surface area contributed by atoms with Gasteiger partial charge in [0.15, 0.2) is 5.79 Å². The Bertz CT molecular complexity index is 1410. The number of unbranched alkanes of at least 4 members (excludes halogenated alkanes) is 4. The van der Waals surface area contributed by atoms with E-state index in [0.717, 1.165) is 38.5 Å². The highest BCUT2D eigenvalue weighted by molar-refractivity contribution is 5.95. The second-order valence-corrected chi connectivity index (χ2v) is 14.9. The molecule has 13 nitrogen and oxygen atoms in total. The Morgan fingerprint density at radius 2 is 1.70 bits per heavy atom. The highest BCUT2D eigenvalue weighted by atomic mass is 16.8. The normalized spacial score (nSPS) is 19.8. The van der Waals surface area contributed by atoms with Gasteiger partial charge in [0, 0.05) is 44.2 Å². The van der Waals surface area contributed by atoms with Gasteiger partial charge in [0.05, 0.1) is 31.1 Å². The van der Waals surface area contributed by atoms with Crippen LogP contribution in [0.2, 0.25) is 0 Å². The maximum absolute atomic E-state index is 13.7. The van der Waals surface area contributed by atoms with Gasteiger partial charge in [-0.25, -0.2) is 4.79 Å². The lowest BCUT2D eigenvalue weighted by atomic mass is 9.91. The number of hydrogen-bond donors (Lipinski definition) is 4. The van der Waals surface area contributed by atoms with Gasteiger partial charge in [-0.2, -0.15) is 0 Å². The SMILES string of the molecule is CCCCCC1(CCCCC)OC2C=C(C(=O)NCCC(=O)NC(CO)CCC(=O)OC(C)(C)C)CC(OC(=O)c3ccccc3C=COCCO)C2O1. The molecule has 0 saturated carbocycles. The highest BCUT2D eigenvalue weighted by Crippen LogP contribution is 2.43. The van der Waals surface area contributed by atoms with E-state index in [-0.39, 0.29) is 52.0 Å². The van der Waals surface area contributed by atoms with Crippen molar-refractivity contribution in [3.63, 3.8) is 0 Å². The van der Waals surface area contributed by atoms with E-state index in [4.69, 9.17) is 28.8 Å². The minimum Gasteiger partial charge on any atom is -0.499 e. The number of carbonyl (C=O) groups excluding carboxylic acids is 4. The lowest BCUT2D eigenvalue weighted by Gasteiger charge is -2.31. The predicted octanol–water partition coefficient (Wildman–Crippen LogP) is 5.27. The third-order valence-electron chi connectivity index (χ3n) is 9.12. The van der Waals surface area contributed by atoms with Gasteiger partial charge < -0.3 is 44.5 Å². The number of amides is 2. The van der Waals surface area contributed by atoms with Crippen LogP contribution in [0, 0.1) is 0 Å². The van der Waals surface area contributed by atoms with Crippen molar-refractivity contribution < 1.29 is 53.1 Å². The number of aliphatic hydroxyl groups excluding tert-OH is 2. The Morgan fingerprint density at radius 3 is 2.35 bits per heavy atom. The van der Waals surface area contributed by atoms with Gasteiger partial charge in [-0.15, -0.1) is 0 Å². The second-order valence-electron chi connectivity index (χ2n) is 14.9. The van der Waals surface area contributed by atoms with Crippen LogP contribution in [0.4, 0.5) is 0 Å². The average molecular weight is 759 g/mol. The van der Waals surface area contributed by atoms with Crippen molar-refractivity contribution in [2.75, 3.05) is 26.4 Å². The molecule has 4 atom stereocenters. The third kappa shape index (κ3) is 14.8. The van der Waals surface area contributed by atoms with Crippen molar-refractivity contribution in [1.82, 2.24) is 10.6 Å². The smallest absolute Gasteiger partial charge is 0.339 e. The van der Waals surface area contributed by atoms with E-state index in [1.807, 2.05) is 0 Å². The number of carbonyl (C=O) groups is 4. The van der Waals surface area contributed by atoms with Gasteiger partial charge in [0.1, 0.15) is 30.5 Å². The zero-order chi connectivity index (χ0) is 39.6. The van der Waals surface area contributed by atoms with E-state index < -0.39 is 59.5 Å². The molecule has 4 N–H and O–H groups in total. The molecular weight excluding hydrogens is 696 g/mol. The van der Waals surface area contributed by atoms with Gasteiger partial charge in [-0.1, -0.05) is 57.7 Å².